The Bertz CT molecular complexity index is 1820. The first-order chi connectivity index (χ1) is 20.4. The molecule has 42 heavy (non-hydrogen) atoms. The maximum atomic E-state index is 14.4. The number of amides is 3. The lowest BCUT2D eigenvalue weighted by atomic mass is 9.47. The number of nitrogens with one attached hydrogen (secondary N) is 1. The summed E-state index contributed by atoms with van der Waals surface area (Å²) in [7, 11) is 0. The average molecular weight is 577 g/mol. The van der Waals surface area contributed by atoms with E-state index in [1.807, 2.05) is 48.5 Å². The summed E-state index contributed by atoms with van der Waals surface area (Å²) >= 11 is 6.48. The molecular formula is C32H21ClN4O5. The summed E-state index contributed by atoms with van der Waals surface area (Å²) in [5, 5.41) is 16.1. The van der Waals surface area contributed by atoms with Crippen molar-refractivity contribution >= 4 is 46.9 Å². The number of carbonyl (C=O) groups excluding carboxylic acids is 3. The largest absolute Gasteiger partial charge is 0.282 e. The van der Waals surface area contributed by atoms with Crippen molar-refractivity contribution < 1.29 is 19.3 Å². The fraction of sp³-hybridized carbons (Fsp3) is 0.125. The lowest BCUT2D eigenvalue weighted by Gasteiger charge is -2.52. The van der Waals surface area contributed by atoms with Crippen LogP contribution in [0.25, 0.3) is 0 Å². The van der Waals surface area contributed by atoms with Gasteiger partial charge in [0.15, 0.2) is 0 Å². The van der Waals surface area contributed by atoms with E-state index in [2.05, 4.69) is 10.5 Å². The second-order valence-electron chi connectivity index (χ2n) is 10.5. The Morgan fingerprint density at radius 1 is 0.881 bits per heavy atom. The number of rotatable bonds is 5. The molecule has 4 aliphatic rings. The predicted octanol–water partition coefficient (Wildman–Crippen LogP) is 5.21. The lowest BCUT2D eigenvalue weighted by molar-refractivity contribution is -0.385. The molecular weight excluding hydrogens is 556 g/mol. The van der Waals surface area contributed by atoms with Crippen LogP contribution in [0.5, 0.6) is 0 Å². The third-order valence-corrected chi connectivity index (χ3v) is 8.88. The highest BCUT2D eigenvalue weighted by Gasteiger charge is 2.68. The van der Waals surface area contributed by atoms with Gasteiger partial charge in [0.1, 0.15) is 5.56 Å². The Morgan fingerprint density at radius 2 is 1.48 bits per heavy atom. The second-order valence-corrected chi connectivity index (χ2v) is 10.9. The van der Waals surface area contributed by atoms with E-state index >= 15 is 0 Å². The van der Waals surface area contributed by atoms with Crippen LogP contribution in [-0.2, 0) is 15.0 Å². The van der Waals surface area contributed by atoms with Crippen molar-refractivity contribution in [2.75, 3.05) is 4.90 Å². The van der Waals surface area contributed by atoms with E-state index < -0.39 is 34.0 Å². The van der Waals surface area contributed by atoms with Gasteiger partial charge in [-0.2, -0.15) is 5.10 Å². The van der Waals surface area contributed by atoms with Gasteiger partial charge in [-0.15, -0.1) is 0 Å². The van der Waals surface area contributed by atoms with Crippen LogP contribution in [0.1, 0.15) is 38.5 Å². The number of hydrogen-bond donors (Lipinski definition) is 1. The maximum Gasteiger partial charge on any atom is 0.282 e. The van der Waals surface area contributed by atoms with Gasteiger partial charge in [0.2, 0.25) is 11.8 Å². The first-order valence-corrected chi connectivity index (χ1v) is 13.6. The molecule has 1 heterocycles. The van der Waals surface area contributed by atoms with Crippen LogP contribution < -0.4 is 10.3 Å². The zero-order chi connectivity index (χ0) is 29.2. The SMILES string of the molecule is O=C(N/N=C\C12c3ccccc3C(c3ccccc31)[C@H]1C(=O)N(c3ccccc3Cl)C(=O)[C@@H]12)c1ccccc1[N+](=O)[O-]. The molecule has 0 saturated carbocycles. The number of hydrazone groups is 1. The monoisotopic (exact) mass is 576 g/mol. The summed E-state index contributed by atoms with van der Waals surface area (Å²) in [6, 6.07) is 27.6. The van der Waals surface area contributed by atoms with E-state index in [1.54, 1.807) is 24.3 Å². The molecule has 4 aromatic carbocycles. The molecule has 0 aromatic heterocycles. The van der Waals surface area contributed by atoms with E-state index in [0.717, 1.165) is 22.3 Å². The third-order valence-electron chi connectivity index (χ3n) is 8.56. The standard InChI is InChI=1S/C32H21ClN4O5/c33-23-14-6-8-16-25(23)36-30(39)27-26-18-9-1-4-12-21(18)32(28(27)31(36)40,22-13-5-2-10-19(22)26)17-34-35-29(38)20-11-3-7-15-24(20)37(41)42/h1-17,26-28H,(H,35,38)/b34-17-/t26?,27-,28-,32?/m1/s1. The topological polar surface area (TPSA) is 122 Å². The number of para-hydroxylation sites is 2. The quantitative estimate of drug-likeness (QED) is 0.151. The van der Waals surface area contributed by atoms with Crippen LogP contribution in [0.2, 0.25) is 5.02 Å². The normalized spacial score (nSPS) is 23.5. The van der Waals surface area contributed by atoms with Crippen LogP contribution in [-0.4, -0.2) is 28.9 Å². The molecule has 206 valence electrons. The van der Waals surface area contributed by atoms with Gasteiger partial charge in [-0.1, -0.05) is 84.4 Å². The van der Waals surface area contributed by atoms with Crippen LogP contribution in [0, 0.1) is 22.0 Å². The number of halogens is 1. The van der Waals surface area contributed by atoms with Crippen molar-refractivity contribution in [1.82, 2.24) is 5.43 Å². The maximum absolute atomic E-state index is 14.4. The molecule has 8 rings (SSSR count). The molecule has 0 spiro atoms. The molecule has 1 saturated heterocycles. The van der Waals surface area contributed by atoms with Crippen molar-refractivity contribution in [3.8, 4) is 0 Å². The van der Waals surface area contributed by atoms with Gasteiger partial charge in [-0.05, 0) is 40.5 Å². The van der Waals surface area contributed by atoms with E-state index in [4.69, 9.17) is 11.6 Å². The highest BCUT2D eigenvalue weighted by molar-refractivity contribution is 6.36. The summed E-state index contributed by atoms with van der Waals surface area (Å²) < 4.78 is 0. The van der Waals surface area contributed by atoms with Gasteiger partial charge >= 0.3 is 0 Å². The summed E-state index contributed by atoms with van der Waals surface area (Å²) in [4.78, 5) is 53.7. The molecule has 9 nitrogen and oxygen atoms in total. The Balaban J connectivity index is 1.40. The van der Waals surface area contributed by atoms with Gasteiger partial charge in [0.05, 0.1) is 32.9 Å². The van der Waals surface area contributed by atoms with Gasteiger partial charge in [-0.25, -0.2) is 10.3 Å². The number of benzene rings is 4. The zero-order valence-electron chi connectivity index (χ0n) is 21.8. The van der Waals surface area contributed by atoms with Crippen molar-refractivity contribution in [1.29, 1.82) is 0 Å². The molecule has 10 heteroatoms. The summed E-state index contributed by atoms with van der Waals surface area (Å²) in [6.07, 6.45) is 1.51. The first-order valence-electron chi connectivity index (χ1n) is 13.3. The number of imide groups is 1. The number of anilines is 1. The highest BCUT2D eigenvalue weighted by Crippen LogP contribution is 2.63. The molecule has 1 aliphatic heterocycles. The number of nitrogens with zero attached hydrogens (tertiary/aromatic N) is 3. The Morgan fingerprint density at radius 3 is 2.14 bits per heavy atom. The molecule has 2 bridgehead atoms. The van der Waals surface area contributed by atoms with Gasteiger partial charge in [0.25, 0.3) is 11.6 Å². The highest BCUT2D eigenvalue weighted by atomic mass is 35.5. The second kappa shape index (κ2) is 9.46. The fourth-order valence-corrected chi connectivity index (χ4v) is 7.22. The van der Waals surface area contributed by atoms with Crippen LogP contribution in [0.15, 0.2) is 102 Å². The van der Waals surface area contributed by atoms with E-state index in [9.17, 15) is 24.5 Å². The summed E-state index contributed by atoms with van der Waals surface area (Å²) in [6.45, 7) is 0. The zero-order valence-corrected chi connectivity index (χ0v) is 22.6. The summed E-state index contributed by atoms with van der Waals surface area (Å²) in [5.41, 5.74) is 4.43. The van der Waals surface area contributed by atoms with Crippen molar-refractivity contribution in [2.24, 2.45) is 16.9 Å². The van der Waals surface area contributed by atoms with Gasteiger partial charge in [-0.3, -0.25) is 24.5 Å². The minimum atomic E-state index is -1.22. The molecule has 2 atom stereocenters. The van der Waals surface area contributed by atoms with Gasteiger partial charge < -0.3 is 0 Å². The van der Waals surface area contributed by atoms with Crippen LogP contribution in [0.4, 0.5) is 11.4 Å². The predicted molar refractivity (Wildman–Crippen MR) is 155 cm³/mol. The molecule has 1 fully saturated rings. The van der Waals surface area contributed by atoms with Gasteiger partial charge in [0, 0.05) is 18.2 Å². The van der Waals surface area contributed by atoms with Crippen molar-refractivity contribution in [3.05, 3.63) is 140 Å². The van der Waals surface area contributed by atoms with Crippen LogP contribution in [0.3, 0.4) is 0 Å². The number of carbonyl (C=O) groups is 3. The van der Waals surface area contributed by atoms with Crippen molar-refractivity contribution in [2.45, 2.75) is 11.3 Å². The molecule has 0 radical (unpaired) electrons. The molecule has 1 N–H and O–H groups in total. The number of hydrogen-bond acceptors (Lipinski definition) is 6. The molecule has 3 aliphatic carbocycles. The Hall–Kier alpha value is -5.15. The molecule has 0 unspecified atom stereocenters. The Kier molecular flexibility index (Phi) is 5.81. The number of nitro benzene ring substituents is 1. The van der Waals surface area contributed by atoms with Crippen molar-refractivity contribution in [3.63, 3.8) is 0 Å². The molecule has 4 aromatic rings. The average Bonchev–Trinajstić information content (AvgIpc) is 3.28. The smallest absolute Gasteiger partial charge is 0.274 e. The van der Waals surface area contributed by atoms with E-state index in [1.165, 1.54) is 35.4 Å². The van der Waals surface area contributed by atoms with E-state index in [0.29, 0.717) is 5.69 Å². The molecule has 3 amide bonds. The first kappa shape index (κ1) is 25.8. The Labute approximate surface area is 244 Å². The summed E-state index contributed by atoms with van der Waals surface area (Å²) in [5.74, 6) is -3.52. The van der Waals surface area contributed by atoms with E-state index in [-0.39, 0.29) is 28.1 Å². The van der Waals surface area contributed by atoms with Crippen LogP contribution >= 0.6 is 11.6 Å². The lowest BCUT2D eigenvalue weighted by Crippen LogP contribution is -2.54. The third kappa shape index (κ3) is 3.43. The minimum absolute atomic E-state index is 0.153. The number of nitro groups is 1. The minimum Gasteiger partial charge on any atom is -0.274 e. The fourth-order valence-electron chi connectivity index (χ4n) is 7.00.